The molecule has 6 nitrogen and oxygen atoms in total. The van der Waals surface area contributed by atoms with Gasteiger partial charge in [-0.2, -0.15) is 0 Å². The molecule has 2 aliphatic rings. The fraction of sp³-hybridized carbons (Fsp3) is 0.318. The van der Waals surface area contributed by atoms with Gasteiger partial charge in [0.1, 0.15) is 0 Å². The third kappa shape index (κ3) is 4.43. The number of benzene rings is 2. The number of halogens is 1. The Hall–Kier alpha value is -2.86. The van der Waals surface area contributed by atoms with Gasteiger partial charge in [-0.1, -0.05) is 35.9 Å². The van der Waals surface area contributed by atoms with E-state index in [-0.39, 0.29) is 11.9 Å². The molecule has 0 unspecified atom stereocenters. The summed E-state index contributed by atoms with van der Waals surface area (Å²) < 4.78 is 5.28. The fourth-order valence-corrected chi connectivity index (χ4v) is 3.37. The van der Waals surface area contributed by atoms with E-state index < -0.39 is 23.9 Å². The van der Waals surface area contributed by atoms with Crippen LogP contribution in [-0.4, -0.2) is 30.4 Å². The molecule has 150 valence electrons. The van der Waals surface area contributed by atoms with Crippen LogP contribution in [0.4, 0.5) is 5.69 Å². The van der Waals surface area contributed by atoms with Gasteiger partial charge in [-0.15, -0.1) is 0 Å². The summed E-state index contributed by atoms with van der Waals surface area (Å²) in [5, 5.41) is 6.16. The van der Waals surface area contributed by atoms with Crippen LogP contribution in [0.2, 0.25) is 5.02 Å². The van der Waals surface area contributed by atoms with Crippen LogP contribution in [0.15, 0.2) is 48.5 Å². The standard InChI is InChI=1S/C22H21ClN2O4/c23-15-7-5-14(6-8-15)22(11-12-22)21(28)29-13-19(26)25-18-4-2-1-3-17(18)20(27)24-16-9-10-16/h1-8,16H,9-13H2,(H,24,27)(H,25,26). The second-order valence-corrected chi connectivity index (χ2v) is 7.94. The fourth-order valence-electron chi connectivity index (χ4n) is 3.24. The number of rotatable bonds is 7. The monoisotopic (exact) mass is 412 g/mol. The molecule has 0 radical (unpaired) electrons. The first kappa shape index (κ1) is 19.5. The van der Waals surface area contributed by atoms with E-state index in [1.54, 1.807) is 36.4 Å². The summed E-state index contributed by atoms with van der Waals surface area (Å²) in [4.78, 5) is 37.2. The van der Waals surface area contributed by atoms with Gasteiger partial charge in [-0.3, -0.25) is 14.4 Å². The normalized spacial score (nSPS) is 16.6. The molecule has 2 N–H and O–H groups in total. The molecular formula is C22H21ClN2O4. The quantitative estimate of drug-likeness (QED) is 0.682. The van der Waals surface area contributed by atoms with Crippen LogP contribution in [-0.2, 0) is 19.7 Å². The Balaban J connectivity index is 1.35. The average molecular weight is 413 g/mol. The highest BCUT2D eigenvalue weighted by Gasteiger charge is 2.52. The van der Waals surface area contributed by atoms with Crippen LogP contribution in [0.5, 0.6) is 0 Å². The second kappa shape index (κ2) is 7.87. The molecule has 0 aliphatic heterocycles. The zero-order chi connectivity index (χ0) is 20.4. The van der Waals surface area contributed by atoms with Crippen molar-refractivity contribution in [3.8, 4) is 0 Å². The topological polar surface area (TPSA) is 84.5 Å². The van der Waals surface area contributed by atoms with Gasteiger partial charge in [0.2, 0.25) is 0 Å². The lowest BCUT2D eigenvalue weighted by Gasteiger charge is -2.15. The predicted molar refractivity (Wildman–Crippen MR) is 109 cm³/mol. The van der Waals surface area contributed by atoms with E-state index in [1.807, 2.05) is 12.1 Å². The van der Waals surface area contributed by atoms with E-state index in [1.165, 1.54) is 0 Å². The van der Waals surface area contributed by atoms with Crippen molar-refractivity contribution in [3.63, 3.8) is 0 Å². The number of nitrogens with one attached hydrogen (secondary N) is 2. The number of para-hydroxylation sites is 1. The Bertz CT molecular complexity index is 950. The molecule has 0 atom stereocenters. The van der Waals surface area contributed by atoms with Gasteiger partial charge in [0.15, 0.2) is 6.61 Å². The number of hydrogen-bond acceptors (Lipinski definition) is 4. The third-order valence-electron chi connectivity index (χ3n) is 5.23. The molecule has 2 fully saturated rings. The molecule has 0 saturated heterocycles. The first-order valence-corrected chi connectivity index (χ1v) is 9.99. The molecule has 0 spiro atoms. The first-order valence-electron chi connectivity index (χ1n) is 9.61. The van der Waals surface area contributed by atoms with Crippen molar-refractivity contribution in [2.75, 3.05) is 11.9 Å². The van der Waals surface area contributed by atoms with Crippen molar-refractivity contribution < 1.29 is 19.1 Å². The predicted octanol–water partition coefficient (Wildman–Crippen LogP) is 3.45. The van der Waals surface area contributed by atoms with E-state index in [0.717, 1.165) is 18.4 Å². The number of amides is 2. The molecular weight excluding hydrogens is 392 g/mol. The highest BCUT2D eigenvalue weighted by molar-refractivity contribution is 6.30. The van der Waals surface area contributed by atoms with Gasteiger partial charge >= 0.3 is 5.97 Å². The number of esters is 1. The van der Waals surface area contributed by atoms with Crippen molar-refractivity contribution >= 4 is 35.1 Å². The van der Waals surface area contributed by atoms with Gasteiger partial charge in [0, 0.05) is 11.1 Å². The van der Waals surface area contributed by atoms with Gasteiger partial charge in [0.25, 0.3) is 11.8 Å². The zero-order valence-corrected chi connectivity index (χ0v) is 16.5. The molecule has 29 heavy (non-hydrogen) atoms. The molecule has 0 aromatic heterocycles. The van der Waals surface area contributed by atoms with Crippen molar-refractivity contribution in [2.45, 2.75) is 37.1 Å². The summed E-state index contributed by atoms with van der Waals surface area (Å²) in [6.07, 6.45) is 3.32. The molecule has 2 amide bonds. The Kier molecular flexibility index (Phi) is 5.28. The third-order valence-corrected chi connectivity index (χ3v) is 5.48. The van der Waals surface area contributed by atoms with Crippen LogP contribution in [0.3, 0.4) is 0 Å². The Morgan fingerprint density at radius 1 is 1.03 bits per heavy atom. The minimum absolute atomic E-state index is 0.217. The molecule has 7 heteroatoms. The molecule has 2 aromatic carbocycles. The molecule has 2 saturated carbocycles. The lowest BCUT2D eigenvalue weighted by atomic mass is 9.96. The Labute approximate surface area is 173 Å². The van der Waals surface area contributed by atoms with Crippen LogP contribution in [0, 0.1) is 0 Å². The number of ether oxygens (including phenoxy) is 1. The number of carbonyl (C=O) groups is 3. The van der Waals surface area contributed by atoms with Crippen LogP contribution < -0.4 is 10.6 Å². The molecule has 4 rings (SSSR count). The maximum atomic E-state index is 12.6. The average Bonchev–Trinajstić information content (AvgIpc) is 3.62. The second-order valence-electron chi connectivity index (χ2n) is 7.51. The molecule has 2 aliphatic carbocycles. The SMILES string of the molecule is O=C(COC(=O)C1(c2ccc(Cl)cc2)CC1)Nc1ccccc1C(=O)NC1CC1. The van der Waals surface area contributed by atoms with Crippen molar-refractivity contribution in [1.82, 2.24) is 5.32 Å². The smallest absolute Gasteiger partial charge is 0.317 e. The maximum absolute atomic E-state index is 12.6. The minimum atomic E-state index is -0.688. The van der Waals surface area contributed by atoms with E-state index in [0.29, 0.717) is 29.1 Å². The summed E-state index contributed by atoms with van der Waals surface area (Å²) >= 11 is 5.91. The highest BCUT2D eigenvalue weighted by Crippen LogP contribution is 2.49. The summed E-state index contributed by atoms with van der Waals surface area (Å²) in [5.41, 5.74) is 0.936. The van der Waals surface area contributed by atoms with Crippen molar-refractivity contribution in [1.29, 1.82) is 0 Å². The molecule has 0 bridgehead atoms. The summed E-state index contributed by atoms with van der Waals surface area (Å²) in [6, 6.07) is 14.1. The lowest BCUT2D eigenvalue weighted by Crippen LogP contribution is -2.29. The molecule has 0 heterocycles. The number of anilines is 1. The van der Waals surface area contributed by atoms with Crippen LogP contribution in [0.25, 0.3) is 0 Å². The summed E-state index contributed by atoms with van der Waals surface area (Å²) in [5.74, 6) is -1.13. The summed E-state index contributed by atoms with van der Waals surface area (Å²) in [7, 11) is 0. The number of carbonyl (C=O) groups excluding carboxylic acids is 3. The van der Waals surface area contributed by atoms with Crippen molar-refractivity contribution in [3.05, 3.63) is 64.7 Å². The van der Waals surface area contributed by atoms with Crippen molar-refractivity contribution in [2.24, 2.45) is 0 Å². The maximum Gasteiger partial charge on any atom is 0.317 e. The van der Waals surface area contributed by atoms with E-state index in [4.69, 9.17) is 16.3 Å². The summed E-state index contributed by atoms with van der Waals surface area (Å²) in [6.45, 7) is -0.410. The van der Waals surface area contributed by atoms with E-state index in [9.17, 15) is 14.4 Å². The largest absolute Gasteiger partial charge is 0.455 e. The van der Waals surface area contributed by atoms with E-state index in [2.05, 4.69) is 10.6 Å². The Morgan fingerprint density at radius 3 is 2.38 bits per heavy atom. The van der Waals surface area contributed by atoms with Gasteiger partial charge in [-0.05, 0) is 55.5 Å². The minimum Gasteiger partial charge on any atom is -0.455 e. The molecule has 2 aromatic rings. The van der Waals surface area contributed by atoms with Gasteiger partial charge in [0.05, 0.1) is 16.7 Å². The number of hydrogen-bond donors (Lipinski definition) is 2. The van der Waals surface area contributed by atoms with Gasteiger partial charge in [-0.25, -0.2) is 0 Å². The first-order chi connectivity index (χ1) is 14.0. The van der Waals surface area contributed by atoms with Gasteiger partial charge < -0.3 is 15.4 Å². The van der Waals surface area contributed by atoms with E-state index >= 15 is 0 Å². The Morgan fingerprint density at radius 2 is 1.72 bits per heavy atom. The highest BCUT2D eigenvalue weighted by atomic mass is 35.5. The van der Waals surface area contributed by atoms with Crippen LogP contribution in [0.1, 0.15) is 41.6 Å². The van der Waals surface area contributed by atoms with Crippen LogP contribution >= 0.6 is 11.6 Å². The zero-order valence-electron chi connectivity index (χ0n) is 15.7. The lowest BCUT2D eigenvalue weighted by molar-refractivity contribution is -0.150.